The molecule has 100 valence electrons. The molecule has 8 heteroatoms. The van der Waals surface area contributed by atoms with Crippen molar-refractivity contribution in [1.29, 1.82) is 0 Å². The van der Waals surface area contributed by atoms with Crippen LogP contribution in [-0.2, 0) is 6.42 Å². The SMILES string of the molecule is O=[N+]([O-])c1ccc(F)cc1-n1cc(CCCCl)nn1. The van der Waals surface area contributed by atoms with Crippen molar-refractivity contribution < 1.29 is 9.31 Å². The lowest BCUT2D eigenvalue weighted by molar-refractivity contribution is -0.384. The maximum absolute atomic E-state index is 13.2. The van der Waals surface area contributed by atoms with Crippen LogP contribution in [-0.4, -0.2) is 25.8 Å². The Morgan fingerprint density at radius 1 is 1.47 bits per heavy atom. The van der Waals surface area contributed by atoms with Crippen molar-refractivity contribution in [3.63, 3.8) is 0 Å². The van der Waals surface area contributed by atoms with E-state index in [0.29, 0.717) is 18.0 Å². The topological polar surface area (TPSA) is 73.8 Å². The van der Waals surface area contributed by atoms with Crippen LogP contribution in [0, 0.1) is 15.9 Å². The van der Waals surface area contributed by atoms with E-state index >= 15 is 0 Å². The first-order chi connectivity index (χ1) is 9.11. The second kappa shape index (κ2) is 5.75. The van der Waals surface area contributed by atoms with E-state index in [1.165, 1.54) is 10.9 Å². The molecular formula is C11H10ClFN4O2. The summed E-state index contributed by atoms with van der Waals surface area (Å²) in [4.78, 5) is 10.3. The largest absolute Gasteiger partial charge is 0.295 e. The third-order valence-electron chi connectivity index (χ3n) is 2.49. The molecule has 0 fully saturated rings. The van der Waals surface area contributed by atoms with E-state index in [-0.39, 0.29) is 11.4 Å². The van der Waals surface area contributed by atoms with Crippen molar-refractivity contribution in [2.24, 2.45) is 0 Å². The molecule has 0 aliphatic rings. The van der Waals surface area contributed by atoms with Gasteiger partial charge in [0, 0.05) is 18.0 Å². The van der Waals surface area contributed by atoms with Crippen LogP contribution < -0.4 is 0 Å². The van der Waals surface area contributed by atoms with Crippen LogP contribution >= 0.6 is 11.6 Å². The summed E-state index contributed by atoms with van der Waals surface area (Å²) in [5, 5.41) is 18.5. The molecule has 0 unspecified atom stereocenters. The van der Waals surface area contributed by atoms with Crippen LogP contribution in [0.5, 0.6) is 0 Å². The van der Waals surface area contributed by atoms with Gasteiger partial charge in [0.05, 0.1) is 16.8 Å². The Morgan fingerprint density at radius 3 is 2.95 bits per heavy atom. The summed E-state index contributed by atoms with van der Waals surface area (Å²) in [5.74, 6) is -0.0779. The molecule has 19 heavy (non-hydrogen) atoms. The number of hydrogen-bond acceptors (Lipinski definition) is 4. The molecule has 0 amide bonds. The second-order valence-electron chi connectivity index (χ2n) is 3.84. The summed E-state index contributed by atoms with van der Waals surface area (Å²) in [5.41, 5.74) is 0.476. The van der Waals surface area contributed by atoms with Crippen molar-refractivity contribution in [1.82, 2.24) is 15.0 Å². The highest BCUT2D eigenvalue weighted by Crippen LogP contribution is 2.23. The first kappa shape index (κ1) is 13.4. The molecule has 0 N–H and O–H groups in total. The molecule has 0 bridgehead atoms. The summed E-state index contributed by atoms with van der Waals surface area (Å²) in [6.45, 7) is 0. The lowest BCUT2D eigenvalue weighted by Gasteiger charge is -2.01. The van der Waals surface area contributed by atoms with Crippen LogP contribution in [0.4, 0.5) is 10.1 Å². The average Bonchev–Trinajstić information content (AvgIpc) is 2.84. The minimum atomic E-state index is -0.588. The maximum Gasteiger partial charge on any atom is 0.295 e. The number of nitrogens with zero attached hydrogens (tertiary/aromatic N) is 4. The monoisotopic (exact) mass is 284 g/mol. The molecule has 1 aromatic carbocycles. The van der Waals surface area contributed by atoms with Crippen molar-refractivity contribution in [2.75, 3.05) is 5.88 Å². The molecule has 0 saturated heterocycles. The second-order valence-corrected chi connectivity index (χ2v) is 4.22. The molecule has 1 aromatic heterocycles. The molecule has 6 nitrogen and oxygen atoms in total. The highest BCUT2D eigenvalue weighted by molar-refractivity contribution is 6.17. The maximum atomic E-state index is 13.2. The predicted octanol–water partition coefficient (Wildman–Crippen LogP) is 2.49. The van der Waals surface area contributed by atoms with Crippen molar-refractivity contribution in [3.8, 4) is 5.69 Å². The zero-order chi connectivity index (χ0) is 13.8. The molecule has 1 heterocycles. The van der Waals surface area contributed by atoms with E-state index in [9.17, 15) is 14.5 Å². The first-order valence-electron chi connectivity index (χ1n) is 5.53. The quantitative estimate of drug-likeness (QED) is 0.480. The fourth-order valence-electron chi connectivity index (χ4n) is 1.61. The summed E-state index contributed by atoms with van der Waals surface area (Å²) in [7, 11) is 0. The van der Waals surface area contributed by atoms with Gasteiger partial charge in [0.25, 0.3) is 5.69 Å². The van der Waals surface area contributed by atoms with Crippen LogP contribution in [0.2, 0.25) is 0 Å². The van der Waals surface area contributed by atoms with Gasteiger partial charge in [-0.2, -0.15) is 0 Å². The molecule has 0 aliphatic heterocycles. The van der Waals surface area contributed by atoms with Gasteiger partial charge in [-0.05, 0) is 18.9 Å². The summed E-state index contributed by atoms with van der Waals surface area (Å²) < 4.78 is 14.4. The fourth-order valence-corrected chi connectivity index (χ4v) is 1.75. The zero-order valence-corrected chi connectivity index (χ0v) is 10.5. The lowest BCUT2D eigenvalue weighted by Crippen LogP contribution is -2.01. The Hall–Kier alpha value is -2.02. The molecule has 0 saturated carbocycles. The van der Waals surface area contributed by atoms with Crippen molar-refractivity contribution >= 4 is 17.3 Å². The van der Waals surface area contributed by atoms with Gasteiger partial charge in [-0.3, -0.25) is 10.1 Å². The number of hydrogen-bond donors (Lipinski definition) is 0. The number of aromatic nitrogens is 3. The van der Waals surface area contributed by atoms with Crippen molar-refractivity contribution in [3.05, 3.63) is 46.0 Å². The Bertz CT molecular complexity index is 602. The van der Waals surface area contributed by atoms with Gasteiger partial charge in [0.15, 0.2) is 0 Å². The van der Waals surface area contributed by atoms with E-state index in [2.05, 4.69) is 10.3 Å². The number of rotatable bonds is 5. The highest BCUT2D eigenvalue weighted by atomic mass is 35.5. The third kappa shape index (κ3) is 3.05. The number of nitro benzene ring substituents is 1. The van der Waals surface area contributed by atoms with Crippen LogP contribution in [0.3, 0.4) is 0 Å². The minimum Gasteiger partial charge on any atom is -0.258 e. The minimum absolute atomic E-state index is 0.0506. The van der Waals surface area contributed by atoms with Gasteiger partial charge in [-0.15, -0.1) is 16.7 Å². The third-order valence-corrected chi connectivity index (χ3v) is 2.76. The Kier molecular flexibility index (Phi) is 4.06. The normalized spacial score (nSPS) is 10.6. The van der Waals surface area contributed by atoms with Gasteiger partial charge >= 0.3 is 0 Å². The van der Waals surface area contributed by atoms with E-state index < -0.39 is 10.7 Å². The number of alkyl halides is 1. The van der Waals surface area contributed by atoms with Gasteiger partial charge in [0.2, 0.25) is 0 Å². The van der Waals surface area contributed by atoms with Gasteiger partial charge in [0.1, 0.15) is 11.5 Å². The van der Waals surface area contributed by atoms with E-state index in [1.54, 1.807) is 0 Å². The highest BCUT2D eigenvalue weighted by Gasteiger charge is 2.17. The van der Waals surface area contributed by atoms with Crippen LogP contribution in [0.1, 0.15) is 12.1 Å². The summed E-state index contributed by atoms with van der Waals surface area (Å²) in [6.07, 6.45) is 2.88. The van der Waals surface area contributed by atoms with Gasteiger partial charge in [-0.25, -0.2) is 9.07 Å². The summed E-state index contributed by atoms with van der Waals surface area (Å²) in [6, 6.07) is 3.19. The average molecular weight is 285 g/mol. The molecule has 0 atom stereocenters. The van der Waals surface area contributed by atoms with Crippen LogP contribution in [0.15, 0.2) is 24.4 Å². The number of halogens is 2. The molecular weight excluding hydrogens is 275 g/mol. The Labute approximate surface area is 113 Å². The smallest absolute Gasteiger partial charge is 0.258 e. The summed E-state index contributed by atoms with van der Waals surface area (Å²) >= 11 is 5.57. The van der Waals surface area contributed by atoms with Gasteiger partial charge in [-0.1, -0.05) is 5.21 Å². The van der Waals surface area contributed by atoms with E-state index in [4.69, 9.17) is 11.6 Å². The first-order valence-corrected chi connectivity index (χ1v) is 6.07. The molecule has 0 aliphatic carbocycles. The zero-order valence-electron chi connectivity index (χ0n) is 9.79. The van der Waals surface area contributed by atoms with E-state index in [1.807, 2.05) is 0 Å². The Morgan fingerprint density at radius 2 is 2.26 bits per heavy atom. The van der Waals surface area contributed by atoms with Gasteiger partial charge < -0.3 is 0 Å². The number of nitro groups is 1. The van der Waals surface area contributed by atoms with E-state index in [0.717, 1.165) is 24.6 Å². The fraction of sp³-hybridized carbons (Fsp3) is 0.273. The number of benzene rings is 1. The molecule has 2 rings (SSSR count). The molecule has 0 spiro atoms. The molecule has 2 aromatic rings. The Balaban J connectivity index is 2.37. The predicted molar refractivity (Wildman–Crippen MR) is 67.0 cm³/mol. The number of aryl methyl sites for hydroxylation is 1. The van der Waals surface area contributed by atoms with Crippen LogP contribution in [0.25, 0.3) is 5.69 Å². The lowest BCUT2D eigenvalue weighted by atomic mass is 10.2. The standard InChI is InChI=1S/C11H10ClFN4O2/c12-5-1-2-9-7-16(15-14-9)11-6-8(13)3-4-10(11)17(18)19/h3-4,6-7H,1-2,5H2. The molecule has 0 radical (unpaired) electrons. The van der Waals surface area contributed by atoms with Crippen molar-refractivity contribution in [2.45, 2.75) is 12.8 Å².